The molecule has 0 radical (unpaired) electrons. The van der Waals surface area contributed by atoms with Crippen molar-refractivity contribution in [2.24, 2.45) is 0 Å². The van der Waals surface area contributed by atoms with Gasteiger partial charge in [0.15, 0.2) is 0 Å². The van der Waals surface area contributed by atoms with Crippen LogP contribution >= 0.6 is 0 Å². The third-order valence-corrected chi connectivity index (χ3v) is 4.68. The Morgan fingerprint density at radius 1 is 1.12 bits per heavy atom. The molecule has 0 N–H and O–H groups in total. The average Bonchev–Trinajstić information content (AvgIpc) is 3.52. The predicted octanol–water partition coefficient (Wildman–Crippen LogP) is 5.72. The fraction of sp³-hybridized carbons (Fsp3) is 0.652. The Balaban J connectivity index is 0.000000732. The van der Waals surface area contributed by atoms with E-state index in [9.17, 15) is 0 Å². The maximum atomic E-state index is 6.22. The highest BCUT2D eigenvalue weighted by Gasteiger charge is 2.33. The van der Waals surface area contributed by atoms with Gasteiger partial charge in [-0.25, -0.2) is 0 Å². The van der Waals surface area contributed by atoms with Crippen LogP contribution < -0.4 is 4.74 Å². The number of unbranched alkanes of at least 4 members (excludes halogenated alkanes) is 6. The van der Waals surface area contributed by atoms with Crippen molar-refractivity contribution in [3.63, 3.8) is 0 Å². The molecule has 26 heavy (non-hydrogen) atoms. The van der Waals surface area contributed by atoms with Crippen molar-refractivity contribution in [2.45, 2.75) is 76.9 Å². The second-order valence-electron chi connectivity index (χ2n) is 7.14. The Labute approximate surface area is 159 Å². The largest absolute Gasteiger partial charge is 0.487 e. The maximum Gasteiger partial charge on any atom is 0.130 e. The zero-order valence-corrected chi connectivity index (χ0v) is 16.5. The molecule has 1 aromatic rings. The van der Waals surface area contributed by atoms with E-state index in [0.717, 1.165) is 38.4 Å². The van der Waals surface area contributed by atoms with Crippen LogP contribution in [0.15, 0.2) is 36.9 Å². The zero-order chi connectivity index (χ0) is 18.5. The van der Waals surface area contributed by atoms with Crippen LogP contribution in [0.25, 0.3) is 0 Å². The highest BCUT2D eigenvalue weighted by molar-refractivity contribution is 5.33. The number of epoxide rings is 2. The standard InChI is InChI=1S/C21H32O2.C2H4O/c1-3-5-6-7-8-9-10-14-18-15-11-12-16-19(18)23-20(13-4-2)21-17-22-21;1-2-3-1/h4,11-12,15-16,20-21H,2-3,5-10,13-14,17H2,1H3;1-2H2. The molecule has 146 valence electrons. The third kappa shape index (κ3) is 9.40. The van der Waals surface area contributed by atoms with Crippen LogP contribution in [-0.4, -0.2) is 32.0 Å². The van der Waals surface area contributed by atoms with Crippen molar-refractivity contribution in [3.05, 3.63) is 42.5 Å². The highest BCUT2D eigenvalue weighted by Crippen LogP contribution is 2.27. The first-order chi connectivity index (χ1) is 12.8. The van der Waals surface area contributed by atoms with Crippen LogP contribution in [0, 0.1) is 0 Å². The molecule has 2 aliphatic rings. The molecule has 2 fully saturated rings. The fourth-order valence-corrected chi connectivity index (χ4v) is 2.97. The second kappa shape index (κ2) is 12.9. The topological polar surface area (TPSA) is 34.3 Å². The summed E-state index contributed by atoms with van der Waals surface area (Å²) in [6, 6.07) is 8.46. The van der Waals surface area contributed by atoms with Crippen LogP contribution in [-0.2, 0) is 15.9 Å². The van der Waals surface area contributed by atoms with Crippen LogP contribution in [0.3, 0.4) is 0 Å². The number of hydrogen-bond acceptors (Lipinski definition) is 3. The lowest BCUT2D eigenvalue weighted by Gasteiger charge is -2.18. The van der Waals surface area contributed by atoms with E-state index in [1.807, 2.05) is 6.08 Å². The monoisotopic (exact) mass is 360 g/mol. The van der Waals surface area contributed by atoms with E-state index in [4.69, 9.17) is 9.47 Å². The van der Waals surface area contributed by atoms with Gasteiger partial charge in [0.1, 0.15) is 18.0 Å². The SMILES string of the molecule is C1CO1.C=CCC(Oc1ccccc1CCCCCCCCC)C1CO1. The minimum absolute atomic E-state index is 0.114. The van der Waals surface area contributed by atoms with Crippen LogP contribution in [0.1, 0.15) is 63.9 Å². The average molecular weight is 361 g/mol. The van der Waals surface area contributed by atoms with Crippen LogP contribution in [0.2, 0.25) is 0 Å². The minimum Gasteiger partial charge on any atom is -0.487 e. The third-order valence-electron chi connectivity index (χ3n) is 4.68. The van der Waals surface area contributed by atoms with E-state index in [1.54, 1.807) is 0 Å². The van der Waals surface area contributed by atoms with E-state index in [2.05, 4.69) is 42.5 Å². The summed E-state index contributed by atoms with van der Waals surface area (Å²) in [6.45, 7) is 8.92. The quantitative estimate of drug-likeness (QED) is 0.256. The molecule has 0 spiro atoms. The smallest absolute Gasteiger partial charge is 0.130 e. The fourth-order valence-electron chi connectivity index (χ4n) is 2.97. The van der Waals surface area contributed by atoms with Crippen molar-refractivity contribution >= 4 is 0 Å². The molecular weight excluding hydrogens is 324 g/mol. The highest BCUT2D eigenvalue weighted by atomic mass is 16.6. The van der Waals surface area contributed by atoms with Crippen molar-refractivity contribution in [3.8, 4) is 5.75 Å². The Morgan fingerprint density at radius 2 is 1.77 bits per heavy atom. The zero-order valence-electron chi connectivity index (χ0n) is 16.5. The lowest BCUT2D eigenvalue weighted by molar-refractivity contribution is 0.160. The van der Waals surface area contributed by atoms with Crippen molar-refractivity contribution in [1.29, 1.82) is 0 Å². The van der Waals surface area contributed by atoms with Gasteiger partial charge in [-0.3, -0.25) is 0 Å². The molecule has 0 amide bonds. The summed E-state index contributed by atoms with van der Waals surface area (Å²) >= 11 is 0. The summed E-state index contributed by atoms with van der Waals surface area (Å²) in [7, 11) is 0. The molecule has 1 aromatic carbocycles. The molecule has 0 aliphatic carbocycles. The Hall–Kier alpha value is -1.32. The summed E-state index contributed by atoms with van der Waals surface area (Å²) in [5.74, 6) is 1.03. The maximum absolute atomic E-state index is 6.22. The second-order valence-corrected chi connectivity index (χ2v) is 7.14. The van der Waals surface area contributed by atoms with Gasteiger partial charge in [-0.15, -0.1) is 6.58 Å². The van der Waals surface area contributed by atoms with Gasteiger partial charge in [-0.1, -0.05) is 69.7 Å². The van der Waals surface area contributed by atoms with Gasteiger partial charge < -0.3 is 14.2 Å². The van der Waals surface area contributed by atoms with Gasteiger partial charge in [-0.2, -0.15) is 0 Å². The van der Waals surface area contributed by atoms with Crippen LogP contribution in [0.5, 0.6) is 5.75 Å². The minimum atomic E-state index is 0.114. The van der Waals surface area contributed by atoms with E-state index in [0.29, 0.717) is 0 Å². The van der Waals surface area contributed by atoms with Crippen molar-refractivity contribution < 1.29 is 14.2 Å². The first-order valence-electron chi connectivity index (χ1n) is 10.4. The van der Waals surface area contributed by atoms with Crippen LogP contribution in [0.4, 0.5) is 0 Å². The van der Waals surface area contributed by atoms with Crippen molar-refractivity contribution in [1.82, 2.24) is 0 Å². The molecule has 0 bridgehead atoms. The number of rotatable bonds is 13. The Morgan fingerprint density at radius 3 is 2.38 bits per heavy atom. The predicted molar refractivity (Wildman–Crippen MR) is 108 cm³/mol. The Bertz CT molecular complexity index is 491. The lowest BCUT2D eigenvalue weighted by Crippen LogP contribution is -2.23. The molecule has 2 heterocycles. The molecule has 2 aliphatic heterocycles. The van der Waals surface area contributed by atoms with E-state index < -0.39 is 0 Å². The summed E-state index contributed by atoms with van der Waals surface area (Å²) in [4.78, 5) is 0. The van der Waals surface area contributed by atoms with Gasteiger partial charge in [0, 0.05) is 6.42 Å². The van der Waals surface area contributed by atoms with E-state index >= 15 is 0 Å². The van der Waals surface area contributed by atoms with E-state index in [1.165, 1.54) is 50.5 Å². The first kappa shape index (κ1) is 21.0. The summed E-state index contributed by atoms with van der Waals surface area (Å²) in [6.07, 6.45) is 13.6. The number of benzene rings is 1. The molecule has 2 saturated heterocycles. The Kier molecular flexibility index (Phi) is 10.4. The van der Waals surface area contributed by atoms with Gasteiger partial charge in [0.25, 0.3) is 0 Å². The molecule has 2 unspecified atom stereocenters. The lowest BCUT2D eigenvalue weighted by atomic mass is 10.0. The molecule has 0 aromatic heterocycles. The van der Waals surface area contributed by atoms with Gasteiger partial charge in [0.05, 0.1) is 19.8 Å². The van der Waals surface area contributed by atoms with Gasteiger partial charge in [-0.05, 0) is 24.5 Å². The van der Waals surface area contributed by atoms with Gasteiger partial charge in [0.2, 0.25) is 0 Å². The number of hydrogen-bond donors (Lipinski definition) is 0. The molecule has 2 atom stereocenters. The van der Waals surface area contributed by atoms with Gasteiger partial charge >= 0.3 is 0 Å². The summed E-state index contributed by atoms with van der Waals surface area (Å²) < 4.78 is 16.1. The number of aryl methyl sites for hydroxylation is 1. The first-order valence-corrected chi connectivity index (χ1v) is 10.4. The molecule has 3 nitrogen and oxygen atoms in total. The summed E-state index contributed by atoms with van der Waals surface area (Å²) in [5, 5.41) is 0. The molecular formula is C23H36O3. The molecule has 3 heteroatoms. The normalized spacial score (nSPS) is 18.4. The van der Waals surface area contributed by atoms with E-state index in [-0.39, 0.29) is 12.2 Å². The van der Waals surface area contributed by atoms with Crippen molar-refractivity contribution in [2.75, 3.05) is 19.8 Å². The molecule has 3 rings (SSSR count). The number of ether oxygens (including phenoxy) is 3. The number of para-hydroxylation sites is 1. The summed E-state index contributed by atoms with van der Waals surface area (Å²) in [5.41, 5.74) is 1.33. The molecule has 0 saturated carbocycles.